The Labute approximate surface area is 161 Å². The molecule has 0 radical (unpaired) electrons. The quantitative estimate of drug-likeness (QED) is 0.655. The number of benzene rings is 2. The van der Waals surface area contributed by atoms with Crippen LogP contribution in [0.3, 0.4) is 0 Å². The fourth-order valence-electron chi connectivity index (χ4n) is 2.31. The van der Waals surface area contributed by atoms with Crippen molar-refractivity contribution in [3.63, 3.8) is 0 Å². The minimum Gasteiger partial charge on any atom is -0.479 e. The number of carbonyl (C=O) groups is 2. The van der Waals surface area contributed by atoms with Crippen LogP contribution in [0, 0.1) is 0 Å². The van der Waals surface area contributed by atoms with Gasteiger partial charge in [0.2, 0.25) is 0 Å². The van der Waals surface area contributed by atoms with Crippen LogP contribution in [0.4, 0.5) is 0 Å². The van der Waals surface area contributed by atoms with E-state index >= 15 is 0 Å². The van der Waals surface area contributed by atoms with E-state index in [1.165, 1.54) is 0 Å². The van der Waals surface area contributed by atoms with Crippen molar-refractivity contribution < 1.29 is 19.1 Å². The predicted octanol–water partition coefficient (Wildman–Crippen LogP) is 4.03. The summed E-state index contributed by atoms with van der Waals surface area (Å²) < 4.78 is 11.7. The van der Waals surface area contributed by atoms with E-state index in [-0.39, 0.29) is 18.6 Å². The third-order valence-electron chi connectivity index (χ3n) is 3.75. The Morgan fingerprint density at radius 3 is 2.35 bits per heavy atom. The molecule has 1 N–H and O–H groups in total. The van der Waals surface area contributed by atoms with E-state index in [2.05, 4.69) is 21.2 Å². The normalized spacial score (nSPS) is 12.7. The lowest BCUT2D eigenvalue weighted by Crippen LogP contribution is -2.35. The number of ether oxygens (including phenoxy) is 2. The first kappa shape index (κ1) is 20.0. The Bertz CT molecular complexity index is 718. The van der Waals surface area contributed by atoms with Crippen molar-refractivity contribution in [1.82, 2.24) is 5.32 Å². The minimum atomic E-state index is -0.742. The highest BCUT2D eigenvalue weighted by molar-refractivity contribution is 9.10. The summed E-state index contributed by atoms with van der Waals surface area (Å²) in [6, 6.07) is 16.5. The molecular weight excluding hydrogens is 398 g/mol. The largest absolute Gasteiger partial charge is 0.479 e. The first-order valence-corrected chi connectivity index (χ1v) is 9.22. The van der Waals surface area contributed by atoms with Crippen molar-refractivity contribution in [2.24, 2.45) is 0 Å². The van der Waals surface area contributed by atoms with Gasteiger partial charge < -0.3 is 14.8 Å². The second-order valence-electron chi connectivity index (χ2n) is 5.78. The highest BCUT2D eigenvalue weighted by atomic mass is 79.9. The molecule has 5 nitrogen and oxygen atoms in total. The monoisotopic (exact) mass is 419 g/mol. The van der Waals surface area contributed by atoms with Crippen LogP contribution < -0.4 is 10.1 Å². The molecule has 0 unspecified atom stereocenters. The fourth-order valence-corrected chi connectivity index (χ4v) is 2.57. The summed E-state index contributed by atoms with van der Waals surface area (Å²) in [6.07, 6.45) is -0.293. The maximum atomic E-state index is 12.1. The topological polar surface area (TPSA) is 64.6 Å². The number of para-hydroxylation sites is 1. The van der Waals surface area contributed by atoms with E-state index in [9.17, 15) is 9.59 Å². The van der Waals surface area contributed by atoms with Gasteiger partial charge in [0, 0.05) is 4.47 Å². The lowest BCUT2D eigenvalue weighted by Gasteiger charge is -2.17. The molecule has 0 saturated heterocycles. The molecule has 0 spiro atoms. The van der Waals surface area contributed by atoms with Crippen molar-refractivity contribution >= 4 is 27.8 Å². The molecule has 26 heavy (non-hydrogen) atoms. The molecule has 2 aromatic carbocycles. The van der Waals surface area contributed by atoms with Gasteiger partial charge >= 0.3 is 5.97 Å². The third-order valence-corrected chi connectivity index (χ3v) is 4.28. The van der Waals surface area contributed by atoms with Gasteiger partial charge in [-0.25, -0.2) is 4.79 Å². The van der Waals surface area contributed by atoms with Crippen molar-refractivity contribution in [3.8, 4) is 5.75 Å². The van der Waals surface area contributed by atoms with Gasteiger partial charge in [0.25, 0.3) is 5.91 Å². The fraction of sp³-hybridized carbons (Fsp3) is 0.300. The van der Waals surface area contributed by atoms with Crippen LogP contribution in [0.2, 0.25) is 0 Å². The number of carbonyl (C=O) groups excluding carboxylic acids is 2. The second-order valence-corrected chi connectivity index (χ2v) is 6.69. The zero-order valence-electron chi connectivity index (χ0n) is 14.8. The van der Waals surface area contributed by atoms with E-state index in [0.29, 0.717) is 12.2 Å². The minimum absolute atomic E-state index is 0.183. The average molecular weight is 420 g/mol. The zero-order valence-corrected chi connectivity index (χ0v) is 16.4. The number of rotatable bonds is 8. The average Bonchev–Trinajstić information content (AvgIpc) is 2.65. The number of halogens is 1. The first-order valence-electron chi connectivity index (χ1n) is 8.42. The van der Waals surface area contributed by atoms with Crippen LogP contribution in [-0.4, -0.2) is 24.6 Å². The third kappa shape index (κ3) is 6.19. The molecular formula is C20H22BrNO4. The molecule has 0 aliphatic carbocycles. The summed E-state index contributed by atoms with van der Waals surface area (Å²) in [7, 11) is 0. The molecule has 2 rings (SSSR count). The van der Waals surface area contributed by atoms with Crippen LogP contribution in [0.15, 0.2) is 59.1 Å². The smallest absolute Gasteiger partial charge is 0.347 e. The van der Waals surface area contributed by atoms with Crippen LogP contribution in [0.25, 0.3) is 0 Å². The Morgan fingerprint density at radius 2 is 1.73 bits per heavy atom. The molecule has 1 amide bonds. The van der Waals surface area contributed by atoms with Crippen LogP contribution in [-0.2, 0) is 14.3 Å². The predicted molar refractivity (Wildman–Crippen MR) is 103 cm³/mol. The first-order chi connectivity index (χ1) is 12.5. The molecule has 0 bridgehead atoms. The number of hydrogen-bond donors (Lipinski definition) is 1. The van der Waals surface area contributed by atoms with Gasteiger partial charge in [0.05, 0.1) is 6.04 Å². The van der Waals surface area contributed by atoms with E-state index in [0.717, 1.165) is 10.0 Å². The molecule has 138 valence electrons. The van der Waals surface area contributed by atoms with Gasteiger partial charge in [-0.05, 0) is 43.2 Å². The summed E-state index contributed by atoms with van der Waals surface area (Å²) in [4.78, 5) is 24.2. The molecule has 2 atom stereocenters. The number of hydrogen-bond acceptors (Lipinski definition) is 4. The molecule has 0 heterocycles. The zero-order chi connectivity index (χ0) is 18.9. The highest BCUT2D eigenvalue weighted by Crippen LogP contribution is 2.16. The van der Waals surface area contributed by atoms with Crippen LogP contribution >= 0.6 is 15.9 Å². The Hall–Kier alpha value is -2.34. The van der Waals surface area contributed by atoms with E-state index in [4.69, 9.17) is 9.47 Å². The number of amides is 1. The van der Waals surface area contributed by atoms with E-state index in [1.807, 2.05) is 56.3 Å². The standard InChI is InChI=1S/C20H22BrNO4/c1-3-18(26-17-7-5-4-6-8-17)20(24)25-13-19(23)22-14(2)15-9-11-16(21)12-10-15/h4-12,14,18H,3,13H2,1-2H3,(H,22,23)/t14-,18-/m0/s1. The Balaban J connectivity index is 1.81. The summed E-state index contributed by atoms with van der Waals surface area (Å²) in [5.74, 6) is -0.323. The highest BCUT2D eigenvalue weighted by Gasteiger charge is 2.21. The summed E-state index contributed by atoms with van der Waals surface area (Å²) in [5.41, 5.74) is 0.965. The molecule has 0 fully saturated rings. The molecule has 6 heteroatoms. The maximum Gasteiger partial charge on any atom is 0.347 e. The number of nitrogens with one attached hydrogen (secondary N) is 1. The Kier molecular flexibility index (Phi) is 7.66. The van der Waals surface area contributed by atoms with Crippen molar-refractivity contribution in [3.05, 3.63) is 64.6 Å². The molecule has 0 aromatic heterocycles. The van der Waals surface area contributed by atoms with Gasteiger partial charge in [-0.1, -0.05) is 53.2 Å². The molecule has 0 saturated carbocycles. The van der Waals surface area contributed by atoms with Gasteiger partial charge in [0.1, 0.15) is 5.75 Å². The second kappa shape index (κ2) is 9.97. The SMILES string of the molecule is CC[C@H](Oc1ccccc1)C(=O)OCC(=O)N[C@@H](C)c1ccc(Br)cc1. The van der Waals surface area contributed by atoms with E-state index in [1.54, 1.807) is 12.1 Å². The maximum absolute atomic E-state index is 12.1. The van der Waals surface area contributed by atoms with Crippen LogP contribution in [0.5, 0.6) is 5.75 Å². The number of esters is 1. The van der Waals surface area contributed by atoms with Crippen molar-refractivity contribution in [1.29, 1.82) is 0 Å². The van der Waals surface area contributed by atoms with Gasteiger partial charge in [-0.2, -0.15) is 0 Å². The summed E-state index contributed by atoms with van der Waals surface area (Å²) in [6.45, 7) is 3.36. The Morgan fingerprint density at radius 1 is 1.08 bits per heavy atom. The van der Waals surface area contributed by atoms with E-state index < -0.39 is 12.1 Å². The lowest BCUT2D eigenvalue weighted by atomic mass is 10.1. The molecule has 0 aliphatic rings. The molecule has 2 aromatic rings. The van der Waals surface area contributed by atoms with Crippen LogP contribution in [0.1, 0.15) is 31.9 Å². The summed E-state index contributed by atoms with van der Waals surface area (Å²) in [5, 5.41) is 2.81. The van der Waals surface area contributed by atoms with Gasteiger partial charge in [-0.3, -0.25) is 4.79 Å². The van der Waals surface area contributed by atoms with Crippen molar-refractivity contribution in [2.45, 2.75) is 32.4 Å². The molecule has 0 aliphatic heterocycles. The lowest BCUT2D eigenvalue weighted by molar-refractivity contribution is -0.155. The van der Waals surface area contributed by atoms with Crippen molar-refractivity contribution in [2.75, 3.05) is 6.61 Å². The summed E-state index contributed by atoms with van der Waals surface area (Å²) >= 11 is 3.37. The van der Waals surface area contributed by atoms with Gasteiger partial charge in [-0.15, -0.1) is 0 Å². The van der Waals surface area contributed by atoms with Gasteiger partial charge in [0.15, 0.2) is 12.7 Å².